The average molecular weight is 386 g/mol. The number of amides is 1. The normalized spacial score (nSPS) is 20.9. The third-order valence-corrected chi connectivity index (χ3v) is 6.16. The molecule has 2 fully saturated rings. The summed E-state index contributed by atoms with van der Waals surface area (Å²) in [6.45, 7) is 3.44. The van der Waals surface area contributed by atoms with Crippen LogP contribution in [0.4, 0.5) is 5.82 Å². The third kappa shape index (κ3) is 3.83. The largest absolute Gasteiger partial charge is 0.356 e. The molecular formula is C18H22N6O2S. The lowest BCUT2D eigenvalue weighted by Gasteiger charge is -2.32. The molecule has 8 nitrogen and oxygen atoms in total. The van der Waals surface area contributed by atoms with Gasteiger partial charge < -0.3 is 10.2 Å². The summed E-state index contributed by atoms with van der Waals surface area (Å²) >= 11 is 1.31. The van der Waals surface area contributed by atoms with E-state index < -0.39 is 0 Å². The Hall–Kier alpha value is -2.42. The molecule has 4 rings (SSSR count). The van der Waals surface area contributed by atoms with Gasteiger partial charge in [0.05, 0.1) is 6.04 Å². The first-order chi connectivity index (χ1) is 13.1. The molecule has 0 aromatic carbocycles. The van der Waals surface area contributed by atoms with Crippen molar-refractivity contribution in [1.82, 2.24) is 24.8 Å². The van der Waals surface area contributed by atoms with Crippen molar-refractivity contribution in [2.75, 3.05) is 23.7 Å². The molecule has 0 spiro atoms. The van der Waals surface area contributed by atoms with Crippen molar-refractivity contribution in [3.8, 4) is 5.82 Å². The number of carbonyl (C=O) groups excluding carboxylic acids is 2. The van der Waals surface area contributed by atoms with Crippen LogP contribution < -0.4 is 10.2 Å². The van der Waals surface area contributed by atoms with Gasteiger partial charge >= 0.3 is 0 Å². The molecule has 0 saturated carbocycles. The van der Waals surface area contributed by atoms with Gasteiger partial charge in [0.15, 0.2) is 0 Å². The van der Waals surface area contributed by atoms with E-state index in [1.165, 1.54) is 11.8 Å². The van der Waals surface area contributed by atoms with E-state index in [2.05, 4.69) is 25.2 Å². The van der Waals surface area contributed by atoms with Gasteiger partial charge in [-0.3, -0.25) is 14.2 Å². The predicted octanol–water partition coefficient (Wildman–Crippen LogP) is 1.34. The van der Waals surface area contributed by atoms with Gasteiger partial charge in [0.2, 0.25) is 11.0 Å². The van der Waals surface area contributed by atoms with Crippen LogP contribution in [-0.4, -0.2) is 55.4 Å². The monoisotopic (exact) mass is 386 g/mol. The summed E-state index contributed by atoms with van der Waals surface area (Å²) in [5, 5.41) is 3.01. The Balaban J connectivity index is 1.37. The Morgan fingerprint density at radius 1 is 1.19 bits per heavy atom. The van der Waals surface area contributed by atoms with Crippen LogP contribution in [0.25, 0.3) is 5.82 Å². The molecule has 4 heterocycles. The van der Waals surface area contributed by atoms with Gasteiger partial charge in [-0.15, -0.1) is 0 Å². The number of piperidine rings is 1. The molecule has 0 radical (unpaired) electrons. The lowest BCUT2D eigenvalue weighted by atomic mass is 9.95. The molecule has 27 heavy (non-hydrogen) atoms. The fourth-order valence-electron chi connectivity index (χ4n) is 3.55. The molecule has 1 unspecified atom stereocenters. The number of nitrogens with zero attached hydrogens (tertiary/aromatic N) is 5. The first-order valence-electron chi connectivity index (χ1n) is 9.16. The van der Waals surface area contributed by atoms with Gasteiger partial charge in [0.1, 0.15) is 23.8 Å². The van der Waals surface area contributed by atoms with Gasteiger partial charge in [-0.2, -0.15) is 0 Å². The number of thioether (sulfide) groups is 1. The summed E-state index contributed by atoms with van der Waals surface area (Å²) in [5.74, 6) is 3.27. The zero-order valence-corrected chi connectivity index (χ0v) is 16.0. The van der Waals surface area contributed by atoms with E-state index in [9.17, 15) is 9.59 Å². The predicted molar refractivity (Wildman–Crippen MR) is 103 cm³/mol. The highest BCUT2D eigenvalue weighted by Crippen LogP contribution is 2.25. The van der Waals surface area contributed by atoms with Crippen LogP contribution in [0.2, 0.25) is 0 Å². The van der Waals surface area contributed by atoms with Crippen molar-refractivity contribution >= 4 is 28.6 Å². The molecule has 1 N–H and O–H groups in total. The highest BCUT2D eigenvalue weighted by atomic mass is 32.2. The standard InChI is InChI=1S/C18H22N6O2S/c1-12-19-5-8-24(12)16-10-15(20-11-21-16)23-6-2-13(3-7-23)17(25)22-14-4-9-27-18(14)26/h5,8,10-11,13-14H,2-4,6-7,9H2,1H3,(H,22,25). The van der Waals surface area contributed by atoms with Gasteiger partial charge in [0.25, 0.3) is 0 Å². The maximum Gasteiger partial charge on any atom is 0.223 e. The maximum absolute atomic E-state index is 12.5. The zero-order chi connectivity index (χ0) is 18.8. The number of nitrogens with one attached hydrogen (secondary N) is 1. The molecule has 2 aliphatic rings. The van der Waals surface area contributed by atoms with Crippen molar-refractivity contribution in [1.29, 1.82) is 0 Å². The number of aryl methyl sites for hydroxylation is 1. The number of anilines is 1. The van der Waals surface area contributed by atoms with E-state index in [1.807, 2.05) is 23.8 Å². The number of imidazole rings is 1. The second-order valence-corrected chi connectivity index (χ2v) is 7.96. The Kier molecular flexibility index (Phi) is 5.11. The molecule has 2 saturated heterocycles. The quantitative estimate of drug-likeness (QED) is 0.847. The van der Waals surface area contributed by atoms with Crippen LogP contribution in [0.3, 0.4) is 0 Å². The van der Waals surface area contributed by atoms with Crippen LogP contribution >= 0.6 is 11.8 Å². The highest BCUT2D eigenvalue weighted by molar-refractivity contribution is 8.14. The highest BCUT2D eigenvalue weighted by Gasteiger charge is 2.31. The van der Waals surface area contributed by atoms with Crippen molar-refractivity contribution in [3.05, 3.63) is 30.6 Å². The number of hydrogen-bond acceptors (Lipinski definition) is 7. The van der Waals surface area contributed by atoms with Crippen molar-refractivity contribution in [2.24, 2.45) is 5.92 Å². The first kappa shape index (κ1) is 18.0. The maximum atomic E-state index is 12.5. The number of carbonyl (C=O) groups is 2. The lowest BCUT2D eigenvalue weighted by molar-refractivity contribution is -0.128. The molecule has 9 heteroatoms. The van der Waals surface area contributed by atoms with Crippen molar-refractivity contribution in [3.63, 3.8) is 0 Å². The lowest BCUT2D eigenvalue weighted by Crippen LogP contribution is -2.45. The van der Waals surface area contributed by atoms with Gasteiger partial charge in [-0.1, -0.05) is 11.8 Å². The van der Waals surface area contributed by atoms with Crippen LogP contribution in [-0.2, 0) is 9.59 Å². The Bertz CT molecular complexity index is 846. The molecule has 2 aromatic heterocycles. The minimum absolute atomic E-state index is 0.00733. The van der Waals surface area contributed by atoms with Gasteiger partial charge in [-0.25, -0.2) is 15.0 Å². The van der Waals surface area contributed by atoms with E-state index in [0.717, 1.165) is 55.6 Å². The summed E-state index contributed by atoms with van der Waals surface area (Å²) in [7, 11) is 0. The number of hydrogen-bond donors (Lipinski definition) is 1. The first-order valence-corrected chi connectivity index (χ1v) is 10.1. The molecule has 2 aromatic rings. The summed E-state index contributed by atoms with van der Waals surface area (Å²) in [6.07, 6.45) is 7.43. The second-order valence-electron chi connectivity index (χ2n) is 6.86. The molecule has 0 bridgehead atoms. The Morgan fingerprint density at radius 3 is 2.63 bits per heavy atom. The topological polar surface area (TPSA) is 93.0 Å². The Morgan fingerprint density at radius 2 is 1.96 bits per heavy atom. The summed E-state index contributed by atoms with van der Waals surface area (Å²) in [4.78, 5) is 39.3. The van der Waals surface area contributed by atoms with Crippen LogP contribution in [0.1, 0.15) is 25.1 Å². The number of aromatic nitrogens is 4. The molecule has 2 aliphatic heterocycles. The van der Waals surface area contributed by atoms with Crippen LogP contribution in [0.15, 0.2) is 24.8 Å². The van der Waals surface area contributed by atoms with E-state index in [0.29, 0.717) is 0 Å². The van der Waals surface area contributed by atoms with Gasteiger partial charge in [0, 0.05) is 43.2 Å². The number of rotatable bonds is 4. The van der Waals surface area contributed by atoms with Crippen molar-refractivity contribution in [2.45, 2.75) is 32.2 Å². The third-order valence-electron chi connectivity index (χ3n) is 5.15. The van der Waals surface area contributed by atoms with E-state index >= 15 is 0 Å². The Labute approximate surface area is 161 Å². The minimum Gasteiger partial charge on any atom is -0.356 e. The molecule has 142 valence electrons. The van der Waals surface area contributed by atoms with E-state index in [4.69, 9.17) is 0 Å². The average Bonchev–Trinajstić information content (AvgIpc) is 3.30. The van der Waals surface area contributed by atoms with Crippen LogP contribution in [0, 0.1) is 12.8 Å². The minimum atomic E-state index is -0.302. The molecule has 1 atom stereocenters. The molecule has 1 amide bonds. The second kappa shape index (κ2) is 7.67. The van der Waals surface area contributed by atoms with Crippen molar-refractivity contribution < 1.29 is 9.59 Å². The fraction of sp³-hybridized carbons (Fsp3) is 0.500. The zero-order valence-electron chi connectivity index (χ0n) is 15.2. The summed E-state index contributed by atoms with van der Waals surface area (Å²) in [5.41, 5.74) is 0. The smallest absolute Gasteiger partial charge is 0.223 e. The molecular weight excluding hydrogens is 364 g/mol. The summed E-state index contributed by atoms with van der Waals surface area (Å²) in [6, 6.07) is 1.65. The SMILES string of the molecule is Cc1nccn1-c1cc(N2CCC(C(=O)NC3CCSC3=O)CC2)ncn1. The van der Waals surface area contributed by atoms with E-state index in [-0.39, 0.29) is 23.0 Å². The van der Waals surface area contributed by atoms with Gasteiger partial charge in [-0.05, 0) is 26.2 Å². The van der Waals surface area contributed by atoms with E-state index in [1.54, 1.807) is 12.5 Å². The van der Waals surface area contributed by atoms with Crippen LogP contribution in [0.5, 0.6) is 0 Å². The fourth-order valence-corrected chi connectivity index (χ4v) is 4.48. The summed E-state index contributed by atoms with van der Waals surface area (Å²) < 4.78 is 1.92. The molecule has 0 aliphatic carbocycles.